The van der Waals surface area contributed by atoms with E-state index in [2.05, 4.69) is 34.6 Å². The minimum absolute atomic E-state index is 0.0557. The molecule has 1 saturated carbocycles. The molecule has 7 heteroatoms. The van der Waals surface area contributed by atoms with E-state index >= 15 is 0 Å². The fraction of sp³-hybridized carbons (Fsp3) is 0.577. The second-order valence-corrected chi connectivity index (χ2v) is 11.3. The summed E-state index contributed by atoms with van der Waals surface area (Å²) in [6.45, 7) is 11.6. The molecule has 2 aliphatic heterocycles. The monoisotopic (exact) mass is 467 g/mol. The van der Waals surface area contributed by atoms with Crippen LogP contribution in [-0.2, 0) is 9.59 Å². The lowest BCUT2D eigenvalue weighted by Crippen LogP contribution is -2.51. The zero-order chi connectivity index (χ0) is 23.7. The van der Waals surface area contributed by atoms with Gasteiger partial charge in [-0.15, -0.1) is 0 Å². The molecular weight excluding hydrogens is 434 g/mol. The predicted octanol–water partition coefficient (Wildman–Crippen LogP) is 5.04. The molecule has 6 nitrogen and oxygen atoms in total. The topological polar surface area (TPSA) is 62.2 Å². The number of carbonyl (C=O) groups is 2. The molecule has 4 aliphatic rings. The van der Waals surface area contributed by atoms with Crippen molar-refractivity contribution >= 4 is 34.4 Å². The molecule has 0 aromatic heterocycles. The number of amidine groups is 1. The van der Waals surface area contributed by atoms with Gasteiger partial charge in [0.2, 0.25) is 0 Å². The van der Waals surface area contributed by atoms with Gasteiger partial charge in [-0.2, -0.15) is 5.01 Å². The summed E-state index contributed by atoms with van der Waals surface area (Å²) in [5, 5.41) is 4.05. The Morgan fingerprint density at radius 1 is 1.00 bits per heavy atom. The normalized spacial score (nSPS) is 37.3. The molecule has 33 heavy (non-hydrogen) atoms. The van der Waals surface area contributed by atoms with Gasteiger partial charge in [-0.05, 0) is 56.9 Å². The molecule has 5 atom stereocenters. The van der Waals surface area contributed by atoms with Crippen LogP contribution in [0.2, 0.25) is 0 Å². The molecular formula is C26H33N3O3S. The number of hydrogen-bond donors (Lipinski definition) is 0. The van der Waals surface area contributed by atoms with Gasteiger partial charge in [-0.1, -0.05) is 43.7 Å². The average molecular weight is 468 g/mol. The van der Waals surface area contributed by atoms with Crippen LogP contribution in [0.15, 0.2) is 40.4 Å². The Labute approximate surface area is 200 Å². The van der Waals surface area contributed by atoms with Gasteiger partial charge in [0.25, 0.3) is 11.8 Å². The second kappa shape index (κ2) is 7.62. The van der Waals surface area contributed by atoms with E-state index in [0.717, 1.165) is 35.2 Å². The number of ether oxygens (including phenoxy) is 1. The van der Waals surface area contributed by atoms with E-state index in [-0.39, 0.29) is 40.4 Å². The van der Waals surface area contributed by atoms with Crippen molar-refractivity contribution < 1.29 is 14.3 Å². The third-order valence-electron chi connectivity index (χ3n) is 9.31. The van der Waals surface area contributed by atoms with Crippen LogP contribution in [0, 0.1) is 28.6 Å². The summed E-state index contributed by atoms with van der Waals surface area (Å²) >= 11 is 1.62. The van der Waals surface area contributed by atoms with Crippen LogP contribution in [0.5, 0.6) is 5.75 Å². The number of carbonyl (C=O) groups excluding carboxylic acids is 2. The molecule has 0 N–H and O–H groups in total. The molecule has 1 unspecified atom stereocenters. The van der Waals surface area contributed by atoms with Crippen molar-refractivity contribution in [2.45, 2.75) is 47.5 Å². The van der Waals surface area contributed by atoms with Gasteiger partial charge < -0.3 is 4.74 Å². The number of amides is 2. The lowest BCUT2D eigenvalue weighted by Gasteiger charge is -2.36. The van der Waals surface area contributed by atoms with E-state index < -0.39 is 0 Å². The molecule has 0 spiro atoms. The van der Waals surface area contributed by atoms with Gasteiger partial charge in [0.15, 0.2) is 5.17 Å². The Bertz CT molecular complexity index is 1040. The minimum Gasteiger partial charge on any atom is -0.497 e. The van der Waals surface area contributed by atoms with Gasteiger partial charge in [-0.25, -0.2) is 4.99 Å². The summed E-state index contributed by atoms with van der Waals surface area (Å²) in [7, 11) is 1.64. The molecule has 176 valence electrons. The SMILES string of the molecule is COc1ccc(N=C2SCCCCN2N2C(=O)[C@@H]3[C@H](C2=O)[C@]2(C)C(C)=C(C)[C@@]3(C)C2C)cc1. The molecule has 2 amide bonds. The Hall–Kier alpha value is -2.28. The molecule has 2 heterocycles. The quantitative estimate of drug-likeness (QED) is 0.460. The number of rotatable bonds is 3. The van der Waals surface area contributed by atoms with Crippen LogP contribution in [0.25, 0.3) is 0 Å². The lowest BCUT2D eigenvalue weighted by atomic mass is 9.66. The van der Waals surface area contributed by atoms with Crippen LogP contribution >= 0.6 is 11.8 Å². The molecule has 1 aromatic carbocycles. The number of aliphatic imine (C=N–C) groups is 1. The van der Waals surface area contributed by atoms with Crippen molar-refractivity contribution in [3.05, 3.63) is 35.4 Å². The van der Waals surface area contributed by atoms with Gasteiger partial charge >= 0.3 is 0 Å². The number of benzene rings is 1. The number of hydrazine groups is 1. The van der Waals surface area contributed by atoms with Crippen LogP contribution < -0.4 is 4.74 Å². The first-order chi connectivity index (χ1) is 15.7. The zero-order valence-electron chi connectivity index (χ0n) is 20.3. The summed E-state index contributed by atoms with van der Waals surface area (Å²) in [6, 6.07) is 7.55. The fourth-order valence-corrected chi connectivity index (χ4v) is 7.95. The van der Waals surface area contributed by atoms with E-state index in [1.807, 2.05) is 29.3 Å². The second-order valence-electron chi connectivity index (χ2n) is 10.3. The van der Waals surface area contributed by atoms with Crippen LogP contribution in [0.1, 0.15) is 47.5 Å². The number of methoxy groups -OCH3 is 1. The van der Waals surface area contributed by atoms with Crippen molar-refractivity contribution in [2.24, 2.45) is 33.6 Å². The molecule has 1 aromatic rings. The molecule has 2 bridgehead atoms. The molecule has 5 rings (SSSR count). The summed E-state index contributed by atoms with van der Waals surface area (Å²) < 4.78 is 5.26. The highest BCUT2D eigenvalue weighted by atomic mass is 32.2. The summed E-state index contributed by atoms with van der Waals surface area (Å²) in [5.41, 5.74) is 2.80. The molecule has 2 saturated heterocycles. The standard InChI is InChI=1S/C26H33N3O3S/c1-15-16(2)26(5)17(3)25(15,4)20-21(26)23(31)29(22(20)30)28-13-7-8-14-33-24(28)27-18-9-11-19(32-6)12-10-18/h9-12,17,20-21H,7-8,13-14H2,1-6H3/t17?,20-,21+,25-,26+. The highest BCUT2D eigenvalue weighted by Gasteiger charge is 2.76. The highest BCUT2D eigenvalue weighted by Crippen LogP contribution is 2.74. The lowest BCUT2D eigenvalue weighted by molar-refractivity contribution is -0.155. The maximum absolute atomic E-state index is 14.0. The number of thioether (sulfide) groups is 1. The Morgan fingerprint density at radius 2 is 1.58 bits per heavy atom. The first-order valence-corrected chi connectivity index (χ1v) is 12.8. The maximum atomic E-state index is 14.0. The molecule has 3 fully saturated rings. The smallest absolute Gasteiger partial charge is 0.253 e. The third kappa shape index (κ3) is 2.84. The number of nitrogens with zero attached hydrogens (tertiary/aromatic N) is 3. The van der Waals surface area contributed by atoms with E-state index in [1.54, 1.807) is 18.9 Å². The van der Waals surface area contributed by atoms with Crippen molar-refractivity contribution in [2.75, 3.05) is 19.4 Å². The molecule has 2 aliphatic carbocycles. The molecule has 0 radical (unpaired) electrons. The van der Waals surface area contributed by atoms with Crippen molar-refractivity contribution in [3.63, 3.8) is 0 Å². The average Bonchev–Trinajstić information content (AvgIpc) is 3.10. The Balaban J connectivity index is 1.54. The van der Waals surface area contributed by atoms with E-state index in [0.29, 0.717) is 6.54 Å². The van der Waals surface area contributed by atoms with Gasteiger partial charge in [0.05, 0.1) is 24.6 Å². The van der Waals surface area contributed by atoms with Crippen molar-refractivity contribution in [3.8, 4) is 5.75 Å². The Morgan fingerprint density at radius 3 is 2.12 bits per heavy atom. The van der Waals surface area contributed by atoms with Gasteiger partial charge in [0, 0.05) is 23.1 Å². The van der Waals surface area contributed by atoms with E-state index in [9.17, 15) is 9.59 Å². The van der Waals surface area contributed by atoms with E-state index in [4.69, 9.17) is 9.73 Å². The van der Waals surface area contributed by atoms with Crippen molar-refractivity contribution in [1.82, 2.24) is 10.0 Å². The van der Waals surface area contributed by atoms with Crippen molar-refractivity contribution in [1.29, 1.82) is 0 Å². The van der Waals surface area contributed by atoms with Crippen LogP contribution in [0.3, 0.4) is 0 Å². The highest BCUT2D eigenvalue weighted by molar-refractivity contribution is 8.13. The summed E-state index contributed by atoms with van der Waals surface area (Å²) in [6.07, 6.45) is 1.94. The summed E-state index contributed by atoms with van der Waals surface area (Å²) in [5.74, 6) is 1.24. The number of allylic oxidation sites excluding steroid dienone is 2. The maximum Gasteiger partial charge on any atom is 0.253 e. The summed E-state index contributed by atoms with van der Waals surface area (Å²) in [4.78, 5) is 32.8. The Kier molecular flexibility index (Phi) is 5.20. The van der Waals surface area contributed by atoms with E-state index in [1.165, 1.54) is 16.2 Å². The number of hydrogen-bond acceptors (Lipinski definition) is 5. The first kappa shape index (κ1) is 22.5. The number of fused-ring (bicyclic) bond motifs is 5. The third-order valence-corrected chi connectivity index (χ3v) is 10.4. The zero-order valence-corrected chi connectivity index (χ0v) is 21.2. The first-order valence-electron chi connectivity index (χ1n) is 11.9. The minimum atomic E-state index is -0.302. The number of imide groups is 1. The largest absolute Gasteiger partial charge is 0.497 e. The van der Waals surface area contributed by atoms with Crippen LogP contribution in [0.4, 0.5) is 5.69 Å². The predicted molar refractivity (Wildman–Crippen MR) is 131 cm³/mol. The van der Waals surface area contributed by atoms with Gasteiger partial charge in [-0.3, -0.25) is 14.6 Å². The fourth-order valence-electron chi connectivity index (χ4n) is 6.93. The van der Waals surface area contributed by atoms with Gasteiger partial charge in [0.1, 0.15) is 5.75 Å². The van der Waals surface area contributed by atoms with Crippen LogP contribution in [-0.4, -0.2) is 46.4 Å².